The molecule has 0 bridgehead atoms. The first-order chi connectivity index (χ1) is 10.1. The molecule has 1 aliphatic heterocycles. The molecule has 1 atom stereocenters. The van der Waals surface area contributed by atoms with E-state index in [0.29, 0.717) is 16.7 Å². The third-order valence-electron chi connectivity index (χ3n) is 3.66. The van der Waals surface area contributed by atoms with Gasteiger partial charge < -0.3 is 0 Å². The minimum atomic E-state index is -1.03. The van der Waals surface area contributed by atoms with Crippen molar-refractivity contribution in [3.8, 4) is 0 Å². The van der Waals surface area contributed by atoms with E-state index >= 15 is 0 Å². The van der Waals surface area contributed by atoms with E-state index in [1.807, 2.05) is 0 Å². The second-order valence-corrected chi connectivity index (χ2v) is 5.10. The molecule has 0 aromatic heterocycles. The minimum Gasteiger partial charge on any atom is -0.270 e. The number of hydrogen-bond acceptors (Lipinski definition) is 2. The summed E-state index contributed by atoms with van der Waals surface area (Å²) in [6.07, 6.45) is -1.03. The molecule has 0 spiro atoms. The zero-order valence-electron chi connectivity index (χ0n) is 11.5. The second-order valence-electron chi connectivity index (χ2n) is 5.10. The van der Waals surface area contributed by atoms with Crippen LogP contribution >= 0.6 is 0 Å². The summed E-state index contributed by atoms with van der Waals surface area (Å²) >= 11 is 0. The van der Waals surface area contributed by atoms with Crippen LogP contribution in [0.3, 0.4) is 0 Å². The van der Waals surface area contributed by atoms with Gasteiger partial charge in [0.05, 0.1) is 17.7 Å². The number of carbonyl (C=O) groups is 2. The molecular formula is C17H14FNO2. The molecule has 0 saturated carbocycles. The largest absolute Gasteiger partial charge is 0.270 e. The first kappa shape index (κ1) is 13.5. The topological polar surface area (TPSA) is 37.4 Å². The Morgan fingerprint density at radius 2 is 1.48 bits per heavy atom. The first-order valence-corrected chi connectivity index (χ1v) is 6.76. The van der Waals surface area contributed by atoms with Crippen LogP contribution in [0.25, 0.3) is 0 Å². The number of alkyl halides is 1. The van der Waals surface area contributed by atoms with Crippen LogP contribution in [0, 0.1) is 0 Å². The van der Waals surface area contributed by atoms with Gasteiger partial charge in [-0.05, 0) is 30.2 Å². The van der Waals surface area contributed by atoms with Crippen LogP contribution in [0.5, 0.6) is 0 Å². The Labute approximate surface area is 122 Å². The number of hydrogen-bond donors (Lipinski definition) is 0. The van der Waals surface area contributed by atoms with E-state index in [0.717, 1.165) is 5.56 Å². The Kier molecular flexibility index (Phi) is 3.29. The van der Waals surface area contributed by atoms with Crippen molar-refractivity contribution in [2.75, 3.05) is 0 Å². The fourth-order valence-corrected chi connectivity index (χ4v) is 2.45. The zero-order chi connectivity index (χ0) is 15.0. The lowest BCUT2D eigenvalue weighted by Crippen LogP contribution is -2.29. The summed E-state index contributed by atoms with van der Waals surface area (Å²) in [6.45, 7) is 1.67. The van der Waals surface area contributed by atoms with Crippen molar-refractivity contribution in [2.24, 2.45) is 0 Å². The van der Waals surface area contributed by atoms with Gasteiger partial charge in [0.1, 0.15) is 6.17 Å². The normalized spacial score (nSPS) is 15.2. The van der Waals surface area contributed by atoms with Crippen molar-refractivity contribution in [3.63, 3.8) is 0 Å². The Morgan fingerprint density at radius 1 is 0.952 bits per heavy atom. The molecule has 0 N–H and O–H groups in total. The van der Waals surface area contributed by atoms with Crippen molar-refractivity contribution in [2.45, 2.75) is 19.6 Å². The second kappa shape index (κ2) is 5.13. The molecule has 0 fully saturated rings. The Balaban J connectivity index is 1.83. The summed E-state index contributed by atoms with van der Waals surface area (Å²) in [4.78, 5) is 25.7. The lowest BCUT2D eigenvalue weighted by atomic mass is 10.1. The average molecular weight is 283 g/mol. The standard InChI is InChI=1S/C17H14FNO2/c1-11(18)13-8-6-12(7-9-13)10-19-16(20)14-4-2-3-5-15(14)17(19)21/h2-9,11H,10H2,1H3. The lowest BCUT2D eigenvalue weighted by Gasteiger charge is -2.14. The predicted octanol–water partition coefficient (Wildman–Crippen LogP) is 3.51. The van der Waals surface area contributed by atoms with Crippen LogP contribution in [0.4, 0.5) is 4.39 Å². The molecule has 21 heavy (non-hydrogen) atoms. The van der Waals surface area contributed by atoms with Gasteiger partial charge >= 0.3 is 0 Å². The minimum absolute atomic E-state index is 0.202. The van der Waals surface area contributed by atoms with Crippen LogP contribution in [-0.2, 0) is 6.54 Å². The van der Waals surface area contributed by atoms with Gasteiger partial charge in [-0.1, -0.05) is 36.4 Å². The molecule has 4 heteroatoms. The highest BCUT2D eigenvalue weighted by molar-refractivity contribution is 6.21. The molecule has 3 rings (SSSR count). The maximum absolute atomic E-state index is 13.2. The van der Waals surface area contributed by atoms with Crippen molar-refractivity contribution in [3.05, 3.63) is 70.8 Å². The lowest BCUT2D eigenvalue weighted by molar-refractivity contribution is 0.0642. The van der Waals surface area contributed by atoms with Gasteiger partial charge in [0.25, 0.3) is 11.8 Å². The molecular weight excluding hydrogens is 269 g/mol. The molecule has 1 heterocycles. The number of halogens is 1. The van der Waals surface area contributed by atoms with E-state index in [2.05, 4.69) is 0 Å². The zero-order valence-corrected chi connectivity index (χ0v) is 11.5. The van der Waals surface area contributed by atoms with E-state index < -0.39 is 6.17 Å². The molecule has 0 radical (unpaired) electrons. The van der Waals surface area contributed by atoms with Crippen molar-refractivity contribution >= 4 is 11.8 Å². The highest BCUT2D eigenvalue weighted by Gasteiger charge is 2.34. The number of benzene rings is 2. The summed E-state index contributed by atoms with van der Waals surface area (Å²) < 4.78 is 13.2. The number of carbonyl (C=O) groups excluding carboxylic acids is 2. The predicted molar refractivity (Wildman–Crippen MR) is 76.6 cm³/mol. The molecule has 3 nitrogen and oxygen atoms in total. The van der Waals surface area contributed by atoms with Crippen LogP contribution in [0.1, 0.15) is 44.9 Å². The molecule has 0 saturated heterocycles. The Bertz CT molecular complexity index is 672. The van der Waals surface area contributed by atoms with Crippen LogP contribution < -0.4 is 0 Å². The highest BCUT2D eigenvalue weighted by Crippen LogP contribution is 2.25. The van der Waals surface area contributed by atoms with Gasteiger partial charge in [-0.15, -0.1) is 0 Å². The van der Waals surface area contributed by atoms with E-state index in [4.69, 9.17) is 0 Å². The van der Waals surface area contributed by atoms with Gasteiger partial charge in [-0.25, -0.2) is 4.39 Å². The van der Waals surface area contributed by atoms with Gasteiger partial charge in [0.15, 0.2) is 0 Å². The first-order valence-electron chi connectivity index (χ1n) is 6.76. The number of fused-ring (bicyclic) bond motifs is 1. The molecule has 0 aliphatic carbocycles. The van der Waals surface area contributed by atoms with Gasteiger partial charge in [0, 0.05) is 0 Å². The third kappa shape index (κ3) is 2.33. The van der Waals surface area contributed by atoms with Crippen LogP contribution in [0.15, 0.2) is 48.5 Å². The summed E-state index contributed by atoms with van der Waals surface area (Å²) in [5.74, 6) is -0.558. The van der Waals surface area contributed by atoms with E-state index in [9.17, 15) is 14.0 Å². The molecule has 1 aliphatic rings. The summed E-state index contributed by atoms with van der Waals surface area (Å²) in [5, 5.41) is 0. The number of imide groups is 1. The van der Waals surface area contributed by atoms with E-state index in [1.54, 1.807) is 48.5 Å². The van der Waals surface area contributed by atoms with Gasteiger partial charge in [-0.3, -0.25) is 14.5 Å². The molecule has 2 aromatic carbocycles. The number of rotatable bonds is 3. The van der Waals surface area contributed by atoms with Crippen molar-refractivity contribution in [1.29, 1.82) is 0 Å². The van der Waals surface area contributed by atoms with Crippen LogP contribution in [-0.4, -0.2) is 16.7 Å². The van der Waals surface area contributed by atoms with Crippen LogP contribution in [0.2, 0.25) is 0 Å². The maximum Gasteiger partial charge on any atom is 0.261 e. The number of nitrogens with zero attached hydrogens (tertiary/aromatic N) is 1. The monoisotopic (exact) mass is 283 g/mol. The molecule has 106 valence electrons. The van der Waals surface area contributed by atoms with Crippen molar-refractivity contribution in [1.82, 2.24) is 4.90 Å². The maximum atomic E-state index is 13.2. The molecule has 2 amide bonds. The quantitative estimate of drug-likeness (QED) is 0.808. The average Bonchev–Trinajstić information content (AvgIpc) is 2.73. The fraction of sp³-hybridized carbons (Fsp3) is 0.176. The van der Waals surface area contributed by atoms with E-state index in [-0.39, 0.29) is 18.4 Å². The highest BCUT2D eigenvalue weighted by atomic mass is 19.1. The summed E-state index contributed by atoms with van der Waals surface area (Å²) in [6, 6.07) is 13.6. The smallest absolute Gasteiger partial charge is 0.261 e. The van der Waals surface area contributed by atoms with Gasteiger partial charge in [-0.2, -0.15) is 0 Å². The van der Waals surface area contributed by atoms with E-state index in [1.165, 1.54) is 11.8 Å². The SMILES string of the molecule is CC(F)c1ccc(CN2C(=O)c3ccccc3C2=O)cc1. The summed E-state index contributed by atoms with van der Waals surface area (Å²) in [7, 11) is 0. The fourth-order valence-electron chi connectivity index (χ4n) is 2.45. The van der Waals surface area contributed by atoms with Crippen molar-refractivity contribution < 1.29 is 14.0 Å². The Hall–Kier alpha value is -2.49. The molecule has 1 unspecified atom stereocenters. The summed E-state index contributed by atoms with van der Waals surface area (Å²) in [5.41, 5.74) is 2.27. The number of amides is 2. The Morgan fingerprint density at radius 3 is 1.95 bits per heavy atom. The molecule has 2 aromatic rings. The van der Waals surface area contributed by atoms with Gasteiger partial charge in [0.2, 0.25) is 0 Å². The third-order valence-corrected chi connectivity index (χ3v) is 3.66.